The number of hydrogen-bond acceptors (Lipinski definition) is 2. The van der Waals surface area contributed by atoms with Crippen LogP contribution in [0.1, 0.15) is 23.2 Å². The van der Waals surface area contributed by atoms with Gasteiger partial charge in [-0.05, 0) is 36.6 Å². The van der Waals surface area contributed by atoms with Gasteiger partial charge in [0.1, 0.15) is 0 Å². The van der Waals surface area contributed by atoms with Crippen molar-refractivity contribution >= 4 is 17.5 Å². The molecule has 1 aromatic carbocycles. The Morgan fingerprint density at radius 3 is 2.76 bits per heavy atom. The van der Waals surface area contributed by atoms with Crippen LogP contribution >= 0.6 is 11.6 Å². The Kier molecular flexibility index (Phi) is 2.30. The van der Waals surface area contributed by atoms with Crippen LogP contribution in [0.3, 0.4) is 0 Å². The highest BCUT2D eigenvalue weighted by molar-refractivity contribution is 6.30. The molecule has 1 fully saturated rings. The van der Waals surface area contributed by atoms with Gasteiger partial charge in [-0.2, -0.15) is 5.10 Å². The number of carbonyl (C=O) groups is 1. The highest BCUT2D eigenvalue weighted by Crippen LogP contribution is 2.49. The first-order chi connectivity index (χ1) is 8.22. The van der Waals surface area contributed by atoms with Gasteiger partial charge >= 0.3 is 0 Å². The summed E-state index contributed by atoms with van der Waals surface area (Å²) in [6.07, 6.45) is 5.04. The quantitative estimate of drug-likeness (QED) is 0.817. The zero-order valence-corrected chi connectivity index (χ0v) is 9.89. The van der Waals surface area contributed by atoms with E-state index in [-0.39, 0.29) is 5.91 Å². The second-order valence-electron chi connectivity index (χ2n) is 4.35. The van der Waals surface area contributed by atoms with Gasteiger partial charge in [0.05, 0.1) is 5.41 Å². The normalized spacial score (nSPS) is 16.8. The molecule has 0 N–H and O–H groups in total. The maximum Gasteiger partial charge on any atom is 0.257 e. The molecule has 0 unspecified atom stereocenters. The topological polar surface area (TPSA) is 34.9 Å². The van der Waals surface area contributed by atoms with E-state index in [2.05, 4.69) is 5.10 Å². The molecule has 0 amide bonds. The van der Waals surface area contributed by atoms with E-state index in [1.165, 1.54) is 4.68 Å². The fourth-order valence-electron chi connectivity index (χ4n) is 2.15. The standard InChI is InChI=1S/C13H11ClN2O/c14-11-4-1-3-10(9-11)13(5-6-13)12(17)16-8-2-7-15-16/h1-4,7-9H,5-6H2. The summed E-state index contributed by atoms with van der Waals surface area (Å²) in [7, 11) is 0. The fraction of sp³-hybridized carbons (Fsp3) is 0.231. The van der Waals surface area contributed by atoms with E-state index in [1.807, 2.05) is 24.3 Å². The third-order valence-electron chi connectivity index (χ3n) is 3.25. The van der Waals surface area contributed by atoms with Gasteiger partial charge in [-0.1, -0.05) is 23.7 Å². The maximum absolute atomic E-state index is 12.4. The Bertz CT molecular complexity index is 559. The lowest BCUT2D eigenvalue weighted by atomic mass is 9.95. The Hall–Kier alpha value is -1.61. The summed E-state index contributed by atoms with van der Waals surface area (Å²) in [5.74, 6) is 0.0322. The van der Waals surface area contributed by atoms with Crippen LogP contribution in [0.15, 0.2) is 42.7 Å². The van der Waals surface area contributed by atoms with Gasteiger partial charge in [0.15, 0.2) is 0 Å². The van der Waals surface area contributed by atoms with Gasteiger partial charge < -0.3 is 0 Å². The van der Waals surface area contributed by atoms with Crippen molar-refractivity contribution in [2.24, 2.45) is 0 Å². The predicted molar refractivity (Wildman–Crippen MR) is 65.2 cm³/mol. The molecular weight excluding hydrogens is 236 g/mol. The van der Waals surface area contributed by atoms with Crippen LogP contribution in [0.5, 0.6) is 0 Å². The molecule has 17 heavy (non-hydrogen) atoms. The van der Waals surface area contributed by atoms with Crippen LogP contribution in [0.25, 0.3) is 0 Å². The highest BCUT2D eigenvalue weighted by Gasteiger charge is 2.52. The largest absolute Gasteiger partial charge is 0.272 e. The van der Waals surface area contributed by atoms with Crippen LogP contribution in [0.2, 0.25) is 5.02 Å². The van der Waals surface area contributed by atoms with Gasteiger partial charge in [0.25, 0.3) is 5.91 Å². The number of nitrogens with zero attached hydrogens (tertiary/aromatic N) is 2. The fourth-order valence-corrected chi connectivity index (χ4v) is 2.34. The van der Waals surface area contributed by atoms with Gasteiger partial charge in [0.2, 0.25) is 0 Å². The number of rotatable bonds is 2. The van der Waals surface area contributed by atoms with Gasteiger partial charge in [-0.25, -0.2) is 4.68 Å². The van der Waals surface area contributed by atoms with Crippen molar-refractivity contribution in [3.05, 3.63) is 53.3 Å². The van der Waals surface area contributed by atoms with Crippen LogP contribution in [0, 0.1) is 0 Å². The SMILES string of the molecule is O=C(n1cccn1)C1(c2cccc(Cl)c2)CC1. The van der Waals surface area contributed by atoms with E-state index in [0.29, 0.717) is 5.02 Å². The second-order valence-corrected chi connectivity index (χ2v) is 4.78. The lowest BCUT2D eigenvalue weighted by molar-refractivity contribution is 0.0846. The molecule has 0 atom stereocenters. The monoisotopic (exact) mass is 246 g/mol. The van der Waals surface area contributed by atoms with Crippen molar-refractivity contribution in [1.82, 2.24) is 9.78 Å². The van der Waals surface area contributed by atoms with Gasteiger partial charge in [-0.15, -0.1) is 0 Å². The Balaban J connectivity index is 2.00. The highest BCUT2D eigenvalue weighted by atomic mass is 35.5. The van der Waals surface area contributed by atoms with E-state index < -0.39 is 5.41 Å². The molecule has 1 heterocycles. The van der Waals surface area contributed by atoms with Crippen molar-refractivity contribution in [3.63, 3.8) is 0 Å². The molecule has 4 heteroatoms. The number of carbonyl (C=O) groups excluding carboxylic acids is 1. The zero-order chi connectivity index (χ0) is 11.9. The summed E-state index contributed by atoms with van der Waals surface area (Å²) in [5, 5.41) is 4.67. The molecule has 1 aromatic heterocycles. The minimum atomic E-state index is -0.406. The summed E-state index contributed by atoms with van der Waals surface area (Å²) < 4.78 is 1.41. The van der Waals surface area contributed by atoms with Crippen LogP contribution in [-0.2, 0) is 5.41 Å². The van der Waals surface area contributed by atoms with Crippen molar-refractivity contribution in [2.45, 2.75) is 18.3 Å². The molecule has 86 valence electrons. The summed E-state index contributed by atoms with van der Waals surface area (Å²) >= 11 is 5.97. The molecule has 0 bridgehead atoms. The number of halogens is 1. The van der Waals surface area contributed by atoms with E-state index >= 15 is 0 Å². The molecule has 0 saturated heterocycles. The molecule has 3 nitrogen and oxygen atoms in total. The van der Waals surface area contributed by atoms with Crippen LogP contribution < -0.4 is 0 Å². The molecule has 0 spiro atoms. The zero-order valence-electron chi connectivity index (χ0n) is 9.14. The summed E-state index contributed by atoms with van der Waals surface area (Å²) in [6, 6.07) is 9.29. The van der Waals surface area contributed by atoms with E-state index in [4.69, 9.17) is 11.6 Å². The lowest BCUT2D eigenvalue weighted by Crippen LogP contribution is -2.27. The van der Waals surface area contributed by atoms with E-state index in [1.54, 1.807) is 18.5 Å². The number of aromatic nitrogens is 2. The first-order valence-corrected chi connectivity index (χ1v) is 5.91. The average molecular weight is 247 g/mol. The van der Waals surface area contributed by atoms with Crippen LogP contribution in [-0.4, -0.2) is 15.7 Å². The molecule has 3 rings (SSSR count). The molecule has 1 aliphatic carbocycles. The lowest BCUT2D eigenvalue weighted by Gasteiger charge is -2.14. The molecule has 2 aromatic rings. The van der Waals surface area contributed by atoms with Gasteiger partial charge in [-0.3, -0.25) is 4.79 Å². The van der Waals surface area contributed by atoms with Crippen molar-refractivity contribution in [1.29, 1.82) is 0 Å². The first kappa shape index (κ1) is 10.5. The molecule has 1 aliphatic rings. The maximum atomic E-state index is 12.4. The van der Waals surface area contributed by atoms with Crippen molar-refractivity contribution in [2.75, 3.05) is 0 Å². The summed E-state index contributed by atoms with van der Waals surface area (Å²) in [4.78, 5) is 12.4. The van der Waals surface area contributed by atoms with Gasteiger partial charge in [0, 0.05) is 17.4 Å². The van der Waals surface area contributed by atoms with E-state index in [9.17, 15) is 4.79 Å². The molecule has 1 saturated carbocycles. The van der Waals surface area contributed by atoms with Crippen molar-refractivity contribution in [3.8, 4) is 0 Å². The summed E-state index contributed by atoms with van der Waals surface area (Å²) in [6.45, 7) is 0. The first-order valence-electron chi connectivity index (χ1n) is 5.53. The molecule has 0 aliphatic heterocycles. The average Bonchev–Trinajstić information content (AvgIpc) is 2.96. The minimum absolute atomic E-state index is 0.0322. The molecule has 0 radical (unpaired) electrons. The smallest absolute Gasteiger partial charge is 0.257 e. The predicted octanol–water partition coefficient (Wildman–Crippen LogP) is 2.91. The third-order valence-corrected chi connectivity index (χ3v) is 3.48. The Morgan fingerprint density at radius 2 is 2.18 bits per heavy atom. The Morgan fingerprint density at radius 1 is 1.35 bits per heavy atom. The van der Waals surface area contributed by atoms with Crippen LogP contribution in [0.4, 0.5) is 0 Å². The number of benzene rings is 1. The Labute approximate surface area is 104 Å². The summed E-state index contributed by atoms with van der Waals surface area (Å²) in [5.41, 5.74) is 0.585. The molecular formula is C13H11ClN2O. The second kappa shape index (κ2) is 3.70. The van der Waals surface area contributed by atoms with E-state index in [0.717, 1.165) is 18.4 Å². The third kappa shape index (κ3) is 1.67. The minimum Gasteiger partial charge on any atom is -0.272 e. The number of hydrogen-bond donors (Lipinski definition) is 0. The van der Waals surface area contributed by atoms with Crippen molar-refractivity contribution < 1.29 is 4.79 Å².